The largest absolute Gasteiger partial charge is 0.309 e. The number of fused-ring (bicyclic) bond motifs is 1. The lowest BCUT2D eigenvalue weighted by Crippen LogP contribution is -2.28. The van der Waals surface area contributed by atoms with Gasteiger partial charge in [-0.05, 0) is 91.1 Å². The van der Waals surface area contributed by atoms with E-state index < -0.39 is 0 Å². The van der Waals surface area contributed by atoms with E-state index in [0.717, 1.165) is 6.54 Å². The second kappa shape index (κ2) is 8.30. The van der Waals surface area contributed by atoms with Crippen LogP contribution >= 0.6 is 11.3 Å². The van der Waals surface area contributed by atoms with Crippen LogP contribution in [-0.4, -0.2) is 31.1 Å². The first-order valence-electron chi connectivity index (χ1n) is 8.63. The molecule has 0 aliphatic heterocycles. The number of nitrogens with zero attached hydrogens (tertiary/aromatic N) is 1. The molecule has 0 fully saturated rings. The Balaban J connectivity index is 1.67. The first-order chi connectivity index (χ1) is 10.1. The van der Waals surface area contributed by atoms with Crippen LogP contribution in [0.3, 0.4) is 0 Å². The zero-order valence-electron chi connectivity index (χ0n) is 14.2. The monoisotopic (exact) mass is 308 g/mol. The minimum absolute atomic E-state index is 0.517. The van der Waals surface area contributed by atoms with Crippen LogP contribution in [0.1, 0.15) is 67.8 Å². The Bertz CT molecular complexity index is 401. The molecule has 120 valence electrons. The molecule has 2 rings (SSSR count). The summed E-state index contributed by atoms with van der Waals surface area (Å²) in [4.78, 5) is 5.63. The van der Waals surface area contributed by atoms with Gasteiger partial charge in [0.25, 0.3) is 0 Å². The second-order valence-electron chi connectivity index (χ2n) is 6.76. The molecular formula is C18H32N2S. The summed E-state index contributed by atoms with van der Waals surface area (Å²) in [5.74, 6) is 0. The number of rotatable bonds is 8. The molecular weight excluding hydrogens is 276 g/mol. The summed E-state index contributed by atoms with van der Waals surface area (Å²) in [7, 11) is 2.22. The van der Waals surface area contributed by atoms with Crippen LogP contribution < -0.4 is 5.32 Å². The lowest BCUT2D eigenvalue weighted by Gasteiger charge is -2.21. The molecule has 1 unspecified atom stereocenters. The Morgan fingerprint density at radius 2 is 1.95 bits per heavy atom. The average Bonchev–Trinajstić information content (AvgIpc) is 2.90. The average molecular weight is 309 g/mol. The molecule has 0 amide bonds. The predicted molar refractivity (Wildman–Crippen MR) is 94.4 cm³/mol. The maximum absolute atomic E-state index is 3.70. The van der Waals surface area contributed by atoms with Crippen LogP contribution in [-0.2, 0) is 12.8 Å². The molecule has 1 heterocycles. The van der Waals surface area contributed by atoms with Crippen molar-refractivity contribution in [2.75, 3.05) is 20.1 Å². The number of hydrogen-bond donors (Lipinski definition) is 1. The van der Waals surface area contributed by atoms with Crippen molar-refractivity contribution in [2.45, 2.75) is 71.4 Å². The summed E-state index contributed by atoms with van der Waals surface area (Å²) in [6.45, 7) is 9.19. The number of unbranched alkanes of at least 4 members (excludes halogenated alkanes) is 1. The van der Waals surface area contributed by atoms with Gasteiger partial charge in [-0.2, -0.15) is 0 Å². The number of hydrogen-bond acceptors (Lipinski definition) is 3. The summed E-state index contributed by atoms with van der Waals surface area (Å²) >= 11 is 2.05. The zero-order valence-corrected chi connectivity index (χ0v) is 15.1. The molecule has 0 saturated heterocycles. The van der Waals surface area contributed by atoms with Gasteiger partial charge in [0, 0.05) is 21.8 Å². The van der Waals surface area contributed by atoms with Crippen LogP contribution in [0.15, 0.2) is 6.07 Å². The highest BCUT2D eigenvalue weighted by molar-refractivity contribution is 7.12. The third kappa shape index (κ3) is 5.08. The van der Waals surface area contributed by atoms with Crippen LogP contribution in [0.25, 0.3) is 0 Å². The molecule has 0 bridgehead atoms. The quantitative estimate of drug-likeness (QED) is 0.716. The molecule has 1 N–H and O–H groups in total. The molecule has 1 aliphatic rings. The number of thiophene rings is 1. The van der Waals surface area contributed by atoms with Crippen molar-refractivity contribution in [1.29, 1.82) is 0 Å². The Morgan fingerprint density at radius 3 is 2.67 bits per heavy atom. The van der Waals surface area contributed by atoms with E-state index in [1.165, 1.54) is 45.1 Å². The summed E-state index contributed by atoms with van der Waals surface area (Å²) in [6, 6.07) is 3.64. The van der Waals surface area contributed by atoms with Crippen LogP contribution in [0.5, 0.6) is 0 Å². The first kappa shape index (κ1) is 17.0. The van der Waals surface area contributed by atoms with Crippen LogP contribution in [0.4, 0.5) is 0 Å². The summed E-state index contributed by atoms with van der Waals surface area (Å²) < 4.78 is 0. The van der Waals surface area contributed by atoms with Crippen molar-refractivity contribution in [2.24, 2.45) is 0 Å². The van der Waals surface area contributed by atoms with Gasteiger partial charge in [-0.3, -0.25) is 0 Å². The highest BCUT2D eigenvalue weighted by Crippen LogP contribution is 2.32. The first-order valence-corrected chi connectivity index (χ1v) is 9.44. The van der Waals surface area contributed by atoms with E-state index in [9.17, 15) is 0 Å². The molecule has 0 aromatic carbocycles. The second-order valence-corrected chi connectivity index (χ2v) is 7.93. The topological polar surface area (TPSA) is 15.3 Å². The fraction of sp³-hybridized carbons (Fsp3) is 0.778. The Hall–Kier alpha value is -0.380. The van der Waals surface area contributed by atoms with Gasteiger partial charge in [-0.25, -0.2) is 0 Å². The van der Waals surface area contributed by atoms with Crippen molar-refractivity contribution in [3.05, 3.63) is 21.4 Å². The van der Waals surface area contributed by atoms with Crippen LogP contribution in [0.2, 0.25) is 0 Å². The number of aryl methyl sites for hydroxylation is 2. The van der Waals surface area contributed by atoms with Gasteiger partial charge in [-0.1, -0.05) is 0 Å². The molecule has 0 spiro atoms. The molecule has 21 heavy (non-hydrogen) atoms. The predicted octanol–water partition coefficient (Wildman–Crippen LogP) is 4.40. The highest BCUT2D eigenvalue weighted by atomic mass is 32.1. The van der Waals surface area contributed by atoms with Crippen molar-refractivity contribution in [3.8, 4) is 0 Å². The number of nitrogens with one attached hydrogen (secondary N) is 1. The molecule has 1 atom stereocenters. The maximum Gasteiger partial charge on any atom is 0.0386 e. The van der Waals surface area contributed by atoms with Crippen molar-refractivity contribution in [3.63, 3.8) is 0 Å². The van der Waals surface area contributed by atoms with E-state index in [1.807, 2.05) is 11.3 Å². The lowest BCUT2D eigenvalue weighted by atomic mass is 9.99. The van der Waals surface area contributed by atoms with Gasteiger partial charge >= 0.3 is 0 Å². The smallest absolute Gasteiger partial charge is 0.0386 e. The van der Waals surface area contributed by atoms with E-state index in [-0.39, 0.29) is 0 Å². The van der Waals surface area contributed by atoms with Gasteiger partial charge in [0.05, 0.1) is 0 Å². The third-order valence-corrected chi connectivity index (χ3v) is 6.13. The van der Waals surface area contributed by atoms with Crippen molar-refractivity contribution < 1.29 is 0 Å². The van der Waals surface area contributed by atoms with Gasteiger partial charge in [0.15, 0.2) is 0 Å². The van der Waals surface area contributed by atoms with Gasteiger partial charge < -0.3 is 10.2 Å². The molecule has 1 aromatic heterocycles. The molecule has 0 radical (unpaired) electrons. The minimum atomic E-state index is 0.517. The Labute approximate surface area is 134 Å². The zero-order chi connectivity index (χ0) is 15.2. The van der Waals surface area contributed by atoms with E-state index >= 15 is 0 Å². The molecule has 1 aromatic rings. The molecule has 3 heteroatoms. The summed E-state index contributed by atoms with van der Waals surface area (Å²) in [6.07, 6.45) is 7.95. The normalized spacial score (nSPS) is 16.5. The molecule has 0 saturated carbocycles. The lowest BCUT2D eigenvalue weighted by molar-refractivity contribution is 0.267. The van der Waals surface area contributed by atoms with Crippen LogP contribution in [0, 0.1) is 0 Å². The standard InChI is InChI=1S/C18H32N2S/c1-14(2)20(4)12-8-7-11-19-15(3)18-13-16-9-5-6-10-17(16)21-18/h13-15,19H,5-12H2,1-4H3. The van der Waals surface area contributed by atoms with Gasteiger partial charge in [0.1, 0.15) is 0 Å². The Morgan fingerprint density at radius 1 is 1.19 bits per heavy atom. The summed E-state index contributed by atoms with van der Waals surface area (Å²) in [5, 5.41) is 3.70. The van der Waals surface area contributed by atoms with E-state index in [2.05, 4.69) is 44.1 Å². The highest BCUT2D eigenvalue weighted by Gasteiger charge is 2.16. The van der Waals surface area contributed by atoms with Crippen molar-refractivity contribution >= 4 is 11.3 Å². The minimum Gasteiger partial charge on any atom is -0.309 e. The van der Waals surface area contributed by atoms with Gasteiger partial charge in [-0.15, -0.1) is 11.3 Å². The third-order valence-electron chi connectivity index (χ3n) is 4.71. The fourth-order valence-electron chi connectivity index (χ4n) is 2.89. The van der Waals surface area contributed by atoms with Gasteiger partial charge in [0.2, 0.25) is 0 Å². The Kier molecular flexibility index (Phi) is 6.72. The van der Waals surface area contributed by atoms with E-state index in [0.29, 0.717) is 12.1 Å². The molecule has 2 nitrogen and oxygen atoms in total. The van der Waals surface area contributed by atoms with E-state index in [4.69, 9.17) is 0 Å². The van der Waals surface area contributed by atoms with Crippen molar-refractivity contribution in [1.82, 2.24) is 10.2 Å². The van der Waals surface area contributed by atoms with E-state index in [1.54, 1.807) is 15.3 Å². The molecule has 1 aliphatic carbocycles. The maximum atomic E-state index is 3.70. The SMILES string of the molecule is CC(NCCCCN(C)C(C)C)c1cc2c(s1)CCCC2. The fourth-order valence-corrected chi connectivity index (χ4v) is 4.17. The summed E-state index contributed by atoms with van der Waals surface area (Å²) in [5.41, 5.74) is 1.63.